The van der Waals surface area contributed by atoms with Crippen molar-refractivity contribution >= 4 is 5.96 Å². The first-order valence-electron chi connectivity index (χ1n) is 4.91. The maximum Gasteiger partial charge on any atom is 0.188 e. The minimum absolute atomic E-state index is 0.375. The van der Waals surface area contributed by atoms with Gasteiger partial charge in [-0.15, -0.1) is 0 Å². The highest BCUT2D eigenvalue weighted by Gasteiger charge is 2.40. The van der Waals surface area contributed by atoms with Crippen LogP contribution < -0.4 is 11.1 Å². The second-order valence-corrected chi connectivity index (χ2v) is 3.82. The highest BCUT2D eigenvalue weighted by molar-refractivity contribution is 5.78. The molecule has 1 heterocycles. The van der Waals surface area contributed by atoms with Gasteiger partial charge < -0.3 is 15.8 Å². The largest absolute Gasteiger partial charge is 0.376 e. The Balaban J connectivity index is 1.89. The van der Waals surface area contributed by atoms with Gasteiger partial charge in [0.2, 0.25) is 0 Å². The number of aliphatic imine (C=N–C) groups is 1. The summed E-state index contributed by atoms with van der Waals surface area (Å²) in [6.07, 6.45) is 4.05. The number of nitrogens with one attached hydrogen (secondary N) is 1. The number of nitrogens with two attached hydrogens (primary N) is 1. The molecule has 0 amide bonds. The maximum atomic E-state index is 5.66. The number of guanidine groups is 1. The van der Waals surface area contributed by atoms with Gasteiger partial charge in [-0.2, -0.15) is 0 Å². The highest BCUT2D eigenvalue weighted by Crippen LogP contribution is 2.38. The topological polar surface area (TPSA) is 59.6 Å². The lowest BCUT2D eigenvalue weighted by Gasteiger charge is -2.19. The van der Waals surface area contributed by atoms with Crippen molar-refractivity contribution in [1.29, 1.82) is 0 Å². The van der Waals surface area contributed by atoms with Crippen LogP contribution in [0.2, 0.25) is 0 Å². The molecule has 1 saturated heterocycles. The summed E-state index contributed by atoms with van der Waals surface area (Å²) in [4.78, 5) is 3.89. The van der Waals surface area contributed by atoms with Gasteiger partial charge in [0.25, 0.3) is 0 Å². The van der Waals surface area contributed by atoms with Crippen molar-refractivity contribution in [1.82, 2.24) is 5.32 Å². The maximum absolute atomic E-state index is 5.66. The Hall–Kier alpha value is -0.770. The van der Waals surface area contributed by atoms with Gasteiger partial charge in [-0.05, 0) is 25.2 Å². The minimum atomic E-state index is 0.375. The summed E-state index contributed by atoms with van der Waals surface area (Å²) >= 11 is 0. The van der Waals surface area contributed by atoms with Crippen LogP contribution in [0.5, 0.6) is 0 Å². The molecular formula is C9H17N3O. The summed E-state index contributed by atoms with van der Waals surface area (Å²) in [5.74, 6) is 1.30. The second-order valence-electron chi connectivity index (χ2n) is 3.82. The van der Waals surface area contributed by atoms with E-state index in [4.69, 9.17) is 10.5 Å². The van der Waals surface area contributed by atoms with E-state index in [1.54, 1.807) is 7.05 Å². The van der Waals surface area contributed by atoms with Crippen molar-refractivity contribution in [3.8, 4) is 0 Å². The molecule has 1 aliphatic heterocycles. The van der Waals surface area contributed by atoms with Gasteiger partial charge >= 0.3 is 0 Å². The first-order valence-corrected chi connectivity index (χ1v) is 4.91. The van der Waals surface area contributed by atoms with E-state index in [0.29, 0.717) is 18.1 Å². The molecule has 0 bridgehead atoms. The summed E-state index contributed by atoms with van der Waals surface area (Å²) in [5, 5.41) is 3.20. The lowest BCUT2D eigenvalue weighted by Crippen LogP contribution is -2.44. The molecule has 2 aliphatic rings. The Kier molecular flexibility index (Phi) is 2.40. The van der Waals surface area contributed by atoms with Crippen molar-refractivity contribution < 1.29 is 4.74 Å². The molecule has 0 aromatic heterocycles. The van der Waals surface area contributed by atoms with Crippen molar-refractivity contribution in [3.63, 3.8) is 0 Å². The van der Waals surface area contributed by atoms with Gasteiger partial charge in [0.05, 0.1) is 12.1 Å². The van der Waals surface area contributed by atoms with Gasteiger partial charge in [0, 0.05) is 13.7 Å². The molecule has 2 rings (SSSR count). The van der Waals surface area contributed by atoms with Gasteiger partial charge in [-0.25, -0.2) is 0 Å². The molecule has 2 atom stereocenters. The summed E-state index contributed by atoms with van der Waals surface area (Å²) in [5.41, 5.74) is 5.62. The summed E-state index contributed by atoms with van der Waals surface area (Å²) < 4.78 is 5.66. The zero-order chi connectivity index (χ0) is 9.26. The number of nitrogens with zero attached hydrogens (tertiary/aromatic N) is 1. The Labute approximate surface area is 78.5 Å². The first kappa shape index (κ1) is 8.81. The summed E-state index contributed by atoms with van der Waals surface area (Å²) in [6, 6.07) is 0.385. The molecule has 4 heteroatoms. The third-order valence-electron chi connectivity index (χ3n) is 2.80. The molecule has 2 unspecified atom stereocenters. The van der Waals surface area contributed by atoms with Crippen molar-refractivity contribution in [3.05, 3.63) is 0 Å². The molecule has 0 aromatic carbocycles. The average molecular weight is 183 g/mol. The normalized spacial score (nSPS) is 35.0. The number of hydrogen-bond donors (Lipinski definition) is 2. The van der Waals surface area contributed by atoms with Crippen LogP contribution in [0.1, 0.15) is 19.3 Å². The molecule has 1 aliphatic carbocycles. The first-order chi connectivity index (χ1) is 6.31. The fourth-order valence-corrected chi connectivity index (χ4v) is 1.91. The van der Waals surface area contributed by atoms with E-state index in [0.717, 1.165) is 18.9 Å². The smallest absolute Gasteiger partial charge is 0.188 e. The molecule has 0 spiro atoms. The summed E-state index contributed by atoms with van der Waals surface area (Å²) in [6.45, 7) is 0.857. The fourth-order valence-electron chi connectivity index (χ4n) is 1.91. The van der Waals surface area contributed by atoms with E-state index in [1.807, 2.05) is 0 Å². The van der Waals surface area contributed by atoms with Gasteiger partial charge in [0.1, 0.15) is 0 Å². The molecule has 3 N–H and O–H groups in total. The molecule has 74 valence electrons. The standard InChI is InChI=1S/C9H17N3O/c1-11-9(10)12-7-4-5-13-8(7)6-2-3-6/h6-8H,2-5H2,1H3,(H3,10,11,12). The van der Waals surface area contributed by atoms with Crippen molar-refractivity contribution in [2.24, 2.45) is 16.6 Å². The van der Waals surface area contributed by atoms with Crippen molar-refractivity contribution in [2.45, 2.75) is 31.4 Å². The average Bonchev–Trinajstić information content (AvgIpc) is 2.88. The zero-order valence-electron chi connectivity index (χ0n) is 7.99. The van der Waals surface area contributed by atoms with Crippen LogP contribution in [0.15, 0.2) is 4.99 Å². The lowest BCUT2D eigenvalue weighted by molar-refractivity contribution is 0.0842. The van der Waals surface area contributed by atoms with Crippen LogP contribution >= 0.6 is 0 Å². The van der Waals surface area contributed by atoms with E-state index < -0.39 is 0 Å². The van der Waals surface area contributed by atoms with E-state index in [2.05, 4.69) is 10.3 Å². The molecule has 1 saturated carbocycles. The highest BCUT2D eigenvalue weighted by atomic mass is 16.5. The van der Waals surface area contributed by atoms with E-state index >= 15 is 0 Å². The molecule has 4 nitrogen and oxygen atoms in total. The number of hydrogen-bond acceptors (Lipinski definition) is 2. The predicted octanol–water partition coefficient (Wildman–Crippen LogP) is 0.0880. The molecule has 0 aromatic rings. The number of ether oxygens (including phenoxy) is 1. The Morgan fingerprint density at radius 1 is 1.46 bits per heavy atom. The Morgan fingerprint density at radius 2 is 2.23 bits per heavy atom. The lowest BCUT2D eigenvalue weighted by atomic mass is 10.1. The Morgan fingerprint density at radius 3 is 2.85 bits per heavy atom. The third kappa shape index (κ3) is 1.94. The van der Waals surface area contributed by atoms with Gasteiger partial charge in [0.15, 0.2) is 5.96 Å². The third-order valence-corrected chi connectivity index (χ3v) is 2.80. The fraction of sp³-hybridized carbons (Fsp3) is 0.889. The summed E-state index contributed by atoms with van der Waals surface area (Å²) in [7, 11) is 1.70. The van der Waals surface area contributed by atoms with Crippen LogP contribution in [-0.4, -0.2) is 31.8 Å². The second kappa shape index (κ2) is 3.54. The van der Waals surface area contributed by atoms with E-state index in [-0.39, 0.29) is 0 Å². The molecule has 0 radical (unpaired) electrons. The predicted molar refractivity (Wildman–Crippen MR) is 51.6 cm³/mol. The Bertz CT molecular complexity index is 213. The van der Waals surface area contributed by atoms with Crippen LogP contribution in [-0.2, 0) is 4.74 Å². The van der Waals surface area contributed by atoms with Crippen molar-refractivity contribution in [2.75, 3.05) is 13.7 Å². The minimum Gasteiger partial charge on any atom is -0.376 e. The quantitative estimate of drug-likeness (QED) is 0.471. The molecular weight excluding hydrogens is 166 g/mol. The SMILES string of the molecule is CN=C(N)NC1CCOC1C1CC1. The van der Waals surface area contributed by atoms with E-state index in [9.17, 15) is 0 Å². The van der Waals surface area contributed by atoms with Crippen LogP contribution in [0, 0.1) is 5.92 Å². The van der Waals surface area contributed by atoms with Gasteiger partial charge in [-0.3, -0.25) is 4.99 Å². The molecule has 2 fully saturated rings. The van der Waals surface area contributed by atoms with Crippen LogP contribution in [0.4, 0.5) is 0 Å². The molecule has 13 heavy (non-hydrogen) atoms. The van der Waals surface area contributed by atoms with Crippen LogP contribution in [0.25, 0.3) is 0 Å². The van der Waals surface area contributed by atoms with E-state index in [1.165, 1.54) is 12.8 Å². The van der Waals surface area contributed by atoms with Crippen LogP contribution in [0.3, 0.4) is 0 Å². The zero-order valence-corrected chi connectivity index (χ0v) is 7.99. The monoisotopic (exact) mass is 183 g/mol. The number of rotatable bonds is 2. The van der Waals surface area contributed by atoms with Gasteiger partial charge in [-0.1, -0.05) is 0 Å².